The van der Waals surface area contributed by atoms with E-state index in [2.05, 4.69) is 9.97 Å². The Kier molecular flexibility index (Phi) is 6.13. The molecule has 0 saturated carbocycles. The molecule has 2 unspecified atom stereocenters. The molecule has 162 valence electrons. The summed E-state index contributed by atoms with van der Waals surface area (Å²) in [5.74, 6) is 0.609. The number of hydrogen-bond acceptors (Lipinski definition) is 4. The van der Waals surface area contributed by atoms with E-state index in [9.17, 15) is 14.7 Å². The van der Waals surface area contributed by atoms with Crippen LogP contribution in [0, 0.1) is 11.8 Å². The van der Waals surface area contributed by atoms with Gasteiger partial charge < -0.3 is 19.7 Å². The van der Waals surface area contributed by atoms with Gasteiger partial charge >= 0.3 is 5.97 Å². The Morgan fingerprint density at radius 2 is 2.00 bits per heavy atom. The molecular weight excluding hydrogens is 418 g/mol. The van der Waals surface area contributed by atoms with Gasteiger partial charge in [0.05, 0.1) is 18.1 Å². The number of rotatable bonds is 6. The monoisotopic (exact) mass is 441 g/mol. The van der Waals surface area contributed by atoms with Crippen molar-refractivity contribution in [2.45, 2.75) is 19.3 Å². The average Bonchev–Trinajstić information content (AvgIpc) is 3.16. The quantitative estimate of drug-likeness (QED) is 0.602. The molecule has 1 saturated heterocycles. The second-order valence-electron chi connectivity index (χ2n) is 7.94. The number of ether oxygens (including phenoxy) is 1. The number of methoxy groups -OCH3 is 1. The molecule has 2 atom stereocenters. The summed E-state index contributed by atoms with van der Waals surface area (Å²) in [4.78, 5) is 34.2. The van der Waals surface area contributed by atoms with Gasteiger partial charge in [-0.25, -0.2) is 4.98 Å². The maximum atomic E-state index is 13.0. The predicted octanol–water partition coefficient (Wildman–Crippen LogP) is 4.02. The summed E-state index contributed by atoms with van der Waals surface area (Å²) in [5, 5.41) is 9.95. The molecule has 0 bridgehead atoms. The Bertz CT molecular complexity index is 1100. The van der Waals surface area contributed by atoms with Gasteiger partial charge in [0.2, 0.25) is 0 Å². The van der Waals surface area contributed by atoms with Gasteiger partial charge in [-0.2, -0.15) is 0 Å². The highest BCUT2D eigenvalue weighted by Crippen LogP contribution is 2.31. The van der Waals surface area contributed by atoms with Crippen molar-refractivity contribution in [3.63, 3.8) is 0 Å². The first kappa shape index (κ1) is 21.2. The standard InChI is InChI=1S/C23H24ClN3O4/c1-31-18-6-7-19-20(12-18)26-21(25-19)10-16-13-27(9-8-15(16)11-22(28)29)23(30)14-2-4-17(24)5-3-14/h2-7,12,15-16H,8-11,13H2,1H3,(H,25,26)(H,28,29). The van der Waals surface area contributed by atoms with Crippen molar-refractivity contribution in [3.8, 4) is 5.75 Å². The van der Waals surface area contributed by atoms with E-state index in [4.69, 9.17) is 16.3 Å². The number of halogens is 1. The largest absolute Gasteiger partial charge is 0.497 e. The number of benzene rings is 2. The van der Waals surface area contributed by atoms with E-state index < -0.39 is 5.97 Å². The smallest absolute Gasteiger partial charge is 0.303 e. The van der Waals surface area contributed by atoms with E-state index in [0.717, 1.165) is 22.6 Å². The minimum Gasteiger partial charge on any atom is -0.497 e. The maximum Gasteiger partial charge on any atom is 0.303 e. The molecule has 4 rings (SSSR count). The lowest BCUT2D eigenvalue weighted by Crippen LogP contribution is -2.45. The topological polar surface area (TPSA) is 95.5 Å². The van der Waals surface area contributed by atoms with Gasteiger partial charge in [0.15, 0.2) is 0 Å². The first-order valence-corrected chi connectivity index (χ1v) is 10.6. The van der Waals surface area contributed by atoms with E-state index in [1.165, 1.54) is 0 Å². The molecule has 1 aliphatic heterocycles. The van der Waals surface area contributed by atoms with Gasteiger partial charge in [-0.1, -0.05) is 11.6 Å². The third kappa shape index (κ3) is 4.82. The molecule has 1 amide bonds. The van der Waals surface area contributed by atoms with Crippen LogP contribution in [0.4, 0.5) is 0 Å². The summed E-state index contributed by atoms with van der Waals surface area (Å²) in [5.41, 5.74) is 2.28. The number of nitrogens with one attached hydrogen (secondary N) is 1. The zero-order chi connectivity index (χ0) is 22.0. The molecular formula is C23H24ClN3O4. The number of hydrogen-bond donors (Lipinski definition) is 2. The summed E-state index contributed by atoms with van der Waals surface area (Å²) in [6.07, 6.45) is 1.30. The predicted molar refractivity (Wildman–Crippen MR) is 118 cm³/mol. The Labute approximate surface area is 185 Å². The van der Waals surface area contributed by atoms with Crippen LogP contribution >= 0.6 is 11.6 Å². The molecule has 2 heterocycles. The van der Waals surface area contributed by atoms with Gasteiger partial charge in [-0.3, -0.25) is 9.59 Å². The molecule has 8 heteroatoms. The van der Waals surface area contributed by atoms with Crippen LogP contribution in [0.25, 0.3) is 11.0 Å². The summed E-state index contributed by atoms with van der Waals surface area (Å²) in [7, 11) is 1.61. The van der Waals surface area contributed by atoms with Gasteiger partial charge in [0.25, 0.3) is 5.91 Å². The molecule has 1 aromatic heterocycles. The number of carboxylic acid groups (broad SMARTS) is 1. The van der Waals surface area contributed by atoms with E-state index >= 15 is 0 Å². The van der Waals surface area contributed by atoms with Crippen molar-refractivity contribution in [1.82, 2.24) is 14.9 Å². The van der Waals surface area contributed by atoms with Crippen LogP contribution in [0.3, 0.4) is 0 Å². The number of carboxylic acids is 1. The van der Waals surface area contributed by atoms with Crippen molar-refractivity contribution in [1.29, 1.82) is 0 Å². The maximum absolute atomic E-state index is 13.0. The first-order valence-electron chi connectivity index (χ1n) is 10.2. The third-order valence-electron chi connectivity index (χ3n) is 5.90. The molecule has 2 aromatic carbocycles. The molecule has 0 spiro atoms. The number of imidazole rings is 1. The highest BCUT2D eigenvalue weighted by Gasteiger charge is 2.33. The fourth-order valence-electron chi connectivity index (χ4n) is 4.28. The minimum atomic E-state index is -0.818. The number of aromatic nitrogens is 2. The number of amides is 1. The molecule has 3 aromatic rings. The summed E-state index contributed by atoms with van der Waals surface area (Å²) in [6, 6.07) is 12.5. The second kappa shape index (κ2) is 8.98. The van der Waals surface area contributed by atoms with Crippen LogP contribution in [-0.2, 0) is 11.2 Å². The SMILES string of the molecule is COc1ccc2nc(CC3CN(C(=O)c4ccc(Cl)cc4)CCC3CC(=O)O)[nH]c2c1. The molecule has 0 aliphatic carbocycles. The zero-order valence-electron chi connectivity index (χ0n) is 17.2. The van der Waals surface area contributed by atoms with Crippen molar-refractivity contribution >= 4 is 34.5 Å². The van der Waals surface area contributed by atoms with E-state index in [-0.39, 0.29) is 24.2 Å². The number of piperidine rings is 1. The molecule has 0 radical (unpaired) electrons. The summed E-state index contributed by atoms with van der Waals surface area (Å²) in [6.45, 7) is 1.02. The number of H-pyrrole nitrogens is 1. The van der Waals surface area contributed by atoms with Crippen LogP contribution in [0.1, 0.15) is 29.0 Å². The van der Waals surface area contributed by atoms with Crippen LogP contribution in [0.2, 0.25) is 5.02 Å². The van der Waals surface area contributed by atoms with E-state index in [1.54, 1.807) is 36.3 Å². The molecule has 2 N–H and O–H groups in total. The highest BCUT2D eigenvalue weighted by molar-refractivity contribution is 6.30. The van der Waals surface area contributed by atoms with Gasteiger partial charge in [-0.15, -0.1) is 0 Å². The molecule has 1 fully saturated rings. The number of fused-ring (bicyclic) bond motifs is 1. The zero-order valence-corrected chi connectivity index (χ0v) is 17.9. The minimum absolute atomic E-state index is 0.0106. The van der Waals surface area contributed by atoms with Gasteiger partial charge in [-0.05, 0) is 54.7 Å². The van der Waals surface area contributed by atoms with Crippen molar-refractivity contribution in [2.24, 2.45) is 11.8 Å². The number of nitrogens with zero attached hydrogens (tertiary/aromatic N) is 2. The lowest BCUT2D eigenvalue weighted by Gasteiger charge is -2.38. The van der Waals surface area contributed by atoms with E-state index in [1.807, 2.05) is 18.2 Å². The van der Waals surface area contributed by atoms with Crippen LogP contribution < -0.4 is 4.74 Å². The summed E-state index contributed by atoms with van der Waals surface area (Å²) >= 11 is 5.94. The lowest BCUT2D eigenvalue weighted by molar-refractivity contribution is -0.139. The van der Waals surface area contributed by atoms with Crippen molar-refractivity contribution in [3.05, 3.63) is 58.9 Å². The average molecular weight is 442 g/mol. The van der Waals surface area contributed by atoms with Crippen molar-refractivity contribution < 1.29 is 19.4 Å². The van der Waals surface area contributed by atoms with Crippen LogP contribution in [-0.4, -0.2) is 52.1 Å². The van der Waals surface area contributed by atoms with Crippen LogP contribution in [0.5, 0.6) is 5.75 Å². The number of carbonyl (C=O) groups is 2. The van der Waals surface area contributed by atoms with E-state index in [0.29, 0.717) is 36.5 Å². The first-order chi connectivity index (χ1) is 14.9. The fraction of sp³-hybridized carbons (Fsp3) is 0.348. The lowest BCUT2D eigenvalue weighted by atomic mass is 9.81. The number of aliphatic carboxylic acids is 1. The number of aromatic amines is 1. The number of carbonyl (C=O) groups excluding carboxylic acids is 1. The van der Waals surface area contributed by atoms with Gasteiger partial charge in [0, 0.05) is 42.6 Å². The third-order valence-corrected chi connectivity index (χ3v) is 6.15. The number of likely N-dealkylation sites (tertiary alicyclic amines) is 1. The molecule has 31 heavy (non-hydrogen) atoms. The summed E-state index contributed by atoms with van der Waals surface area (Å²) < 4.78 is 5.27. The Balaban J connectivity index is 1.54. The van der Waals surface area contributed by atoms with Gasteiger partial charge in [0.1, 0.15) is 11.6 Å². The van der Waals surface area contributed by atoms with Crippen molar-refractivity contribution in [2.75, 3.05) is 20.2 Å². The normalized spacial score (nSPS) is 18.8. The Hall–Kier alpha value is -3.06. The van der Waals surface area contributed by atoms with Crippen LogP contribution in [0.15, 0.2) is 42.5 Å². The Morgan fingerprint density at radius 1 is 1.23 bits per heavy atom. The molecule has 1 aliphatic rings. The molecule has 7 nitrogen and oxygen atoms in total. The Morgan fingerprint density at radius 3 is 2.71 bits per heavy atom. The highest BCUT2D eigenvalue weighted by atomic mass is 35.5. The fourth-order valence-corrected chi connectivity index (χ4v) is 4.40. The second-order valence-corrected chi connectivity index (χ2v) is 8.37.